The molecule has 0 atom stereocenters. The fourth-order valence-electron chi connectivity index (χ4n) is 0. The maximum absolute atomic E-state index is 0. The SMILES string of the molecule is [OH-].[OH-].[OH-].[OH-].[OH-].[OH-].[SnH4].[Zn+2].[Zn+2].[Zn+2]. The largest absolute Gasteiger partial charge is 2.00 e. The first-order chi connectivity index (χ1) is 0. The molecule has 0 aromatic carbocycles. The quantitative estimate of drug-likeness (QED) is 0.389. The van der Waals surface area contributed by atoms with Crippen molar-refractivity contribution >= 4 is 23.9 Å². The van der Waals surface area contributed by atoms with Crippen LogP contribution < -0.4 is 0 Å². The molecule has 0 fully saturated rings. The third kappa shape index (κ3) is 157. The Bertz CT molecular complexity index is 13.0. The summed E-state index contributed by atoms with van der Waals surface area (Å²) in [7, 11) is 0. The van der Waals surface area contributed by atoms with Crippen molar-refractivity contribution in [2.45, 2.75) is 0 Å². The van der Waals surface area contributed by atoms with Gasteiger partial charge in [0.15, 0.2) is 0 Å². The zero-order chi connectivity index (χ0) is 0. The summed E-state index contributed by atoms with van der Waals surface area (Å²) in [5, 5.41) is 0. The summed E-state index contributed by atoms with van der Waals surface area (Å²) >= 11 is 0. The van der Waals surface area contributed by atoms with Crippen molar-refractivity contribution in [3.05, 3.63) is 0 Å². The molecule has 0 amide bonds. The predicted octanol–water partition coefficient (Wildman–Crippen LogP) is -2.52. The van der Waals surface area contributed by atoms with Crippen molar-refractivity contribution in [1.29, 1.82) is 0 Å². The zero-order valence-corrected chi connectivity index (χ0v) is 13.7. The van der Waals surface area contributed by atoms with Crippen molar-refractivity contribution in [1.82, 2.24) is 0 Å². The normalized spacial score (nSPS) is 0. The van der Waals surface area contributed by atoms with Crippen LogP contribution in [0.4, 0.5) is 0 Å². The maximum atomic E-state index is 0. The first-order valence-electron chi connectivity index (χ1n) is 0. The van der Waals surface area contributed by atoms with E-state index in [2.05, 4.69) is 0 Å². The minimum absolute atomic E-state index is 0. The Morgan fingerprint density at radius 1 is 0.300 bits per heavy atom. The van der Waals surface area contributed by atoms with Crippen molar-refractivity contribution < 1.29 is 91.3 Å². The van der Waals surface area contributed by atoms with Gasteiger partial charge in [-0.25, -0.2) is 0 Å². The van der Waals surface area contributed by atoms with Crippen LogP contribution >= 0.6 is 0 Å². The molecule has 0 saturated carbocycles. The smallest absolute Gasteiger partial charge is 2.00 e. The van der Waals surface area contributed by atoms with Gasteiger partial charge in [-0.15, -0.1) is 0 Å². The molecule has 0 unspecified atom stereocenters. The molecule has 0 saturated heterocycles. The topological polar surface area (TPSA) is 180 Å². The molecule has 0 rings (SSSR count). The van der Waals surface area contributed by atoms with Crippen molar-refractivity contribution in [2.75, 3.05) is 0 Å². The molecular formula is H10O6SnZn3. The molecule has 10 heteroatoms. The maximum Gasteiger partial charge on any atom is 2.00 e. The van der Waals surface area contributed by atoms with Gasteiger partial charge in [-0.3, -0.25) is 0 Å². The summed E-state index contributed by atoms with van der Waals surface area (Å²) in [5.74, 6) is 0. The van der Waals surface area contributed by atoms with Gasteiger partial charge < -0.3 is 32.9 Å². The van der Waals surface area contributed by atoms with Crippen LogP contribution in [-0.2, 0) is 58.4 Å². The van der Waals surface area contributed by atoms with E-state index in [0.29, 0.717) is 0 Å². The monoisotopic (exact) mass is 418 g/mol. The van der Waals surface area contributed by atoms with E-state index in [0.717, 1.165) is 0 Å². The van der Waals surface area contributed by atoms with Crippen LogP contribution in [0, 0.1) is 0 Å². The van der Waals surface area contributed by atoms with Gasteiger partial charge in [-0.1, -0.05) is 0 Å². The summed E-state index contributed by atoms with van der Waals surface area (Å²) in [6.07, 6.45) is 0. The molecule has 56 valence electrons. The fourth-order valence-corrected chi connectivity index (χ4v) is 0. The molecule has 6 nitrogen and oxygen atoms in total. The van der Waals surface area contributed by atoms with E-state index < -0.39 is 0 Å². The van der Waals surface area contributed by atoms with E-state index >= 15 is 0 Å². The fraction of sp³-hybridized carbons (Fsp3) is 0. The molecule has 6 N–H and O–H groups in total. The number of hydrogen-bond donors (Lipinski definition) is 0. The van der Waals surface area contributed by atoms with E-state index in [-0.39, 0.29) is 115 Å². The van der Waals surface area contributed by atoms with E-state index in [9.17, 15) is 0 Å². The Kier molecular flexibility index (Phi) is 5800. The van der Waals surface area contributed by atoms with Crippen molar-refractivity contribution in [2.24, 2.45) is 0 Å². The second-order valence-electron chi connectivity index (χ2n) is 0. The van der Waals surface area contributed by atoms with Crippen LogP contribution in [0.2, 0.25) is 0 Å². The zero-order valence-electron chi connectivity index (χ0n) is 4.80. The first-order valence-corrected chi connectivity index (χ1v) is 0. The molecule has 0 aromatic rings. The Morgan fingerprint density at radius 3 is 0.300 bits per heavy atom. The number of hydrogen-bond acceptors (Lipinski definition) is 6. The van der Waals surface area contributed by atoms with Gasteiger partial charge in [-0.2, -0.15) is 0 Å². The summed E-state index contributed by atoms with van der Waals surface area (Å²) in [4.78, 5) is 0. The average Bonchev–Trinajstić information content (AvgIpc) is 0. The molecule has 0 aliphatic rings. The summed E-state index contributed by atoms with van der Waals surface area (Å²) < 4.78 is 0. The minimum Gasteiger partial charge on any atom is 2.00 e. The second kappa shape index (κ2) is 211. The second-order valence-corrected chi connectivity index (χ2v) is 0. The molecular weight excluding hydrogens is 411 g/mol. The summed E-state index contributed by atoms with van der Waals surface area (Å²) in [6, 6.07) is 0. The molecule has 0 radical (unpaired) electrons. The molecule has 0 aliphatic carbocycles. The molecule has 0 bridgehead atoms. The van der Waals surface area contributed by atoms with Crippen LogP contribution in [0.25, 0.3) is 0 Å². The van der Waals surface area contributed by atoms with Gasteiger partial charge in [0, 0.05) is 0 Å². The van der Waals surface area contributed by atoms with Gasteiger partial charge in [0.25, 0.3) is 0 Å². The Morgan fingerprint density at radius 2 is 0.300 bits per heavy atom. The Hall–Kier alpha value is 2.43. The Labute approximate surface area is 114 Å². The summed E-state index contributed by atoms with van der Waals surface area (Å²) in [5.41, 5.74) is 0. The standard InChI is InChI=1S/6H2O.Sn.3Zn.4H/h6*1H2;;;;;;;;/q;;;;;;;3*+2;;;;/p-6. The van der Waals surface area contributed by atoms with E-state index in [4.69, 9.17) is 0 Å². The number of rotatable bonds is 0. The van der Waals surface area contributed by atoms with Crippen LogP contribution in [-0.4, -0.2) is 56.8 Å². The van der Waals surface area contributed by atoms with Crippen LogP contribution in [0.5, 0.6) is 0 Å². The van der Waals surface area contributed by atoms with E-state index in [1.54, 1.807) is 0 Å². The third-order valence-electron chi connectivity index (χ3n) is 0. The van der Waals surface area contributed by atoms with Gasteiger partial charge in [0.1, 0.15) is 0 Å². The molecule has 0 heterocycles. The van der Waals surface area contributed by atoms with E-state index in [1.807, 2.05) is 0 Å². The molecule has 0 spiro atoms. The Balaban J connectivity index is 0. The molecule has 10 heavy (non-hydrogen) atoms. The molecule has 0 aliphatic heterocycles. The van der Waals surface area contributed by atoms with Crippen molar-refractivity contribution in [3.8, 4) is 0 Å². The van der Waals surface area contributed by atoms with Crippen LogP contribution in [0.3, 0.4) is 0 Å². The van der Waals surface area contributed by atoms with Gasteiger partial charge >= 0.3 is 82.3 Å². The molecule has 0 aromatic heterocycles. The van der Waals surface area contributed by atoms with Gasteiger partial charge in [0.05, 0.1) is 0 Å². The third-order valence-corrected chi connectivity index (χ3v) is 0. The van der Waals surface area contributed by atoms with Crippen LogP contribution in [0.15, 0.2) is 0 Å². The average molecular weight is 421 g/mol. The predicted molar refractivity (Wildman–Crippen MR) is 22.9 cm³/mol. The van der Waals surface area contributed by atoms with Crippen LogP contribution in [0.1, 0.15) is 0 Å². The van der Waals surface area contributed by atoms with E-state index in [1.165, 1.54) is 0 Å². The van der Waals surface area contributed by atoms with Crippen molar-refractivity contribution in [3.63, 3.8) is 0 Å². The minimum atomic E-state index is 0. The first kappa shape index (κ1) is 275. The van der Waals surface area contributed by atoms with Gasteiger partial charge in [0.2, 0.25) is 0 Å². The summed E-state index contributed by atoms with van der Waals surface area (Å²) in [6.45, 7) is 0. The van der Waals surface area contributed by atoms with Gasteiger partial charge in [-0.05, 0) is 0 Å².